The second-order valence-corrected chi connectivity index (χ2v) is 7.81. The summed E-state index contributed by atoms with van der Waals surface area (Å²) in [7, 11) is 0. The van der Waals surface area contributed by atoms with Crippen LogP contribution in [0, 0.1) is 5.92 Å². The predicted octanol–water partition coefficient (Wildman–Crippen LogP) is 0.970. The summed E-state index contributed by atoms with van der Waals surface area (Å²) in [5.41, 5.74) is 6.66. The molecule has 0 radical (unpaired) electrons. The van der Waals surface area contributed by atoms with E-state index in [0.717, 1.165) is 18.5 Å². The van der Waals surface area contributed by atoms with Crippen molar-refractivity contribution >= 4 is 0 Å². The molecule has 3 saturated heterocycles. The number of nitrogens with zero attached hydrogens (tertiary/aromatic N) is 3. The molecule has 21 heavy (non-hydrogen) atoms. The highest BCUT2D eigenvalue weighted by molar-refractivity contribution is 5.06. The summed E-state index contributed by atoms with van der Waals surface area (Å²) >= 11 is 0. The van der Waals surface area contributed by atoms with Crippen molar-refractivity contribution in [2.75, 3.05) is 52.4 Å². The maximum Gasteiger partial charge on any atom is 0.0385 e. The molecular formula is C17H32N4. The highest BCUT2D eigenvalue weighted by atomic mass is 15.3. The number of nitrogens with two attached hydrogens (primary N) is 1. The first-order valence-corrected chi connectivity index (χ1v) is 9.23. The van der Waals surface area contributed by atoms with E-state index in [1.165, 1.54) is 84.3 Å². The third kappa shape index (κ3) is 2.44. The molecular weight excluding hydrogens is 260 g/mol. The van der Waals surface area contributed by atoms with Crippen molar-refractivity contribution in [2.24, 2.45) is 11.7 Å². The first-order valence-electron chi connectivity index (χ1n) is 9.23. The summed E-state index contributed by atoms with van der Waals surface area (Å²) in [5.74, 6) is 0.828. The van der Waals surface area contributed by atoms with Gasteiger partial charge in [0.15, 0.2) is 0 Å². The van der Waals surface area contributed by atoms with Gasteiger partial charge in [-0.1, -0.05) is 12.8 Å². The summed E-state index contributed by atoms with van der Waals surface area (Å²) in [6.07, 6.45) is 8.47. The molecule has 1 aliphatic carbocycles. The Kier molecular flexibility index (Phi) is 3.99. The summed E-state index contributed by atoms with van der Waals surface area (Å²) in [6, 6.07) is 0.898. The molecule has 4 nitrogen and oxygen atoms in total. The standard InChI is InChI=1S/C17H32N4/c18-14-17(6-8-19-7-5-15(17)13-19)21-11-9-20(10-12-21)16-3-1-2-4-16/h15-16H,1-14,18H2. The van der Waals surface area contributed by atoms with Gasteiger partial charge in [0, 0.05) is 50.8 Å². The zero-order valence-electron chi connectivity index (χ0n) is 13.5. The Morgan fingerprint density at radius 2 is 1.67 bits per heavy atom. The first kappa shape index (κ1) is 14.4. The quantitative estimate of drug-likeness (QED) is 0.841. The predicted molar refractivity (Wildman–Crippen MR) is 86.4 cm³/mol. The number of piperidine rings is 1. The summed E-state index contributed by atoms with van der Waals surface area (Å²) < 4.78 is 0. The molecule has 4 aliphatic rings. The van der Waals surface area contributed by atoms with Crippen molar-refractivity contribution in [1.82, 2.24) is 14.7 Å². The van der Waals surface area contributed by atoms with Crippen LogP contribution >= 0.6 is 0 Å². The molecule has 3 unspecified atom stereocenters. The molecule has 2 N–H and O–H groups in total. The molecule has 1 saturated carbocycles. The fourth-order valence-corrected chi connectivity index (χ4v) is 5.65. The average molecular weight is 292 g/mol. The number of rotatable bonds is 3. The minimum atomic E-state index is 0.328. The fraction of sp³-hybridized carbons (Fsp3) is 1.00. The first-order chi connectivity index (χ1) is 10.3. The molecule has 0 spiro atoms. The molecule has 3 heterocycles. The Morgan fingerprint density at radius 1 is 0.905 bits per heavy atom. The van der Waals surface area contributed by atoms with Crippen LogP contribution < -0.4 is 5.73 Å². The Balaban J connectivity index is 1.41. The number of fused-ring (bicyclic) bond motifs is 2. The smallest absolute Gasteiger partial charge is 0.0385 e. The Morgan fingerprint density at radius 3 is 2.38 bits per heavy atom. The van der Waals surface area contributed by atoms with Crippen LogP contribution in [0.5, 0.6) is 0 Å². The van der Waals surface area contributed by atoms with Crippen LogP contribution in [0.25, 0.3) is 0 Å². The lowest BCUT2D eigenvalue weighted by Crippen LogP contribution is -2.66. The second kappa shape index (κ2) is 5.80. The van der Waals surface area contributed by atoms with Gasteiger partial charge in [0.05, 0.1) is 0 Å². The van der Waals surface area contributed by atoms with E-state index >= 15 is 0 Å². The average Bonchev–Trinajstić information content (AvgIpc) is 3.19. The largest absolute Gasteiger partial charge is 0.329 e. The Bertz CT molecular complexity index is 360. The molecule has 4 heteroatoms. The van der Waals surface area contributed by atoms with E-state index in [-0.39, 0.29) is 0 Å². The normalized spacial score (nSPS) is 42.7. The molecule has 2 bridgehead atoms. The van der Waals surface area contributed by atoms with Crippen molar-refractivity contribution in [3.05, 3.63) is 0 Å². The molecule has 120 valence electrons. The van der Waals surface area contributed by atoms with Crippen molar-refractivity contribution in [2.45, 2.75) is 50.1 Å². The van der Waals surface area contributed by atoms with Crippen LogP contribution in [-0.4, -0.2) is 78.6 Å². The van der Waals surface area contributed by atoms with Crippen LogP contribution in [0.4, 0.5) is 0 Å². The van der Waals surface area contributed by atoms with E-state index in [1.807, 2.05) is 0 Å². The topological polar surface area (TPSA) is 35.7 Å². The Labute approximate surface area is 129 Å². The van der Waals surface area contributed by atoms with Crippen molar-refractivity contribution in [1.29, 1.82) is 0 Å². The molecule has 3 aliphatic heterocycles. The van der Waals surface area contributed by atoms with Crippen molar-refractivity contribution in [3.63, 3.8) is 0 Å². The zero-order valence-corrected chi connectivity index (χ0v) is 13.5. The van der Waals surface area contributed by atoms with Crippen LogP contribution in [-0.2, 0) is 0 Å². The highest BCUT2D eigenvalue weighted by Gasteiger charge is 2.49. The minimum Gasteiger partial charge on any atom is -0.329 e. The van der Waals surface area contributed by atoms with Gasteiger partial charge >= 0.3 is 0 Å². The molecule has 0 aromatic rings. The number of hydrogen-bond donors (Lipinski definition) is 1. The maximum atomic E-state index is 6.34. The van der Waals surface area contributed by atoms with Crippen LogP contribution in [0.1, 0.15) is 38.5 Å². The molecule has 4 fully saturated rings. The lowest BCUT2D eigenvalue weighted by Gasteiger charge is -2.53. The van der Waals surface area contributed by atoms with Gasteiger partial charge in [0.1, 0.15) is 0 Å². The lowest BCUT2D eigenvalue weighted by atomic mass is 9.77. The Hall–Kier alpha value is -0.160. The van der Waals surface area contributed by atoms with Gasteiger partial charge in [-0.3, -0.25) is 9.80 Å². The van der Waals surface area contributed by atoms with E-state index in [2.05, 4.69) is 14.7 Å². The number of hydrogen-bond acceptors (Lipinski definition) is 4. The summed E-state index contributed by atoms with van der Waals surface area (Å²) in [5, 5.41) is 0. The molecule has 0 aromatic carbocycles. The van der Waals surface area contributed by atoms with Gasteiger partial charge in [-0.2, -0.15) is 0 Å². The van der Waals surface area contributed by atoms with E-state index in [4.69, 9.17) is 5.73 Å². The van der Waals surface area contributed by atoms with Crippen LogP contribution in [0.3, 0.4) is 0 Å². The monoisotopic (exact) mass is 292 g/mol. The van der Waals surface area contributed by atoms with Gasteiger partial charge in [-0.05, 0) is 44.7 Å². The lowest BCUT2D eigenvalue weighted by molar-refractivity contribution is -0.0295. The van der Waals surface area contributed by atoms with E-state index in [0.29, 0.717) is 5.54 Å². The SMILES string of the molecule is NCC1(N2CCN(C3CCCC3)CC2)CCN2CCC1C2. The second-order valence-electron chi connectivity index (χ2n) is 7.81. The molecule has 3 atom stereocenters. The van der Waals surface area contributed by atoms with Gasteiger partial charge in [-0.25, -0.2) is 0 Å². The molecule has 4 rings (SSSR count). The van der Waals surface area contributed by atoms with Crippen molar-refractivity contribution in [3.8, 4) is 0 Å². The third-order valence-corrected chi connectivity index (χ3v) is 7.03. The van der Waals surface area contributed by atoms with E-state index < -0.39 is 0 Å². The maximum absolute atomic E-state index is 6.34. The molecule has 0 aromatic heterocycles. The van der Waals surface area contributed by atoms with Gasteiger partial charge in [-0.15, -0.1) is 0 Å². The fourth-order valence-electron chi connectivity index (χ4n) is 5.65. The zero-order chi connectivity index (χ0) is 14.3. The third-order valence-electron chi connectivity index (χ3n) is 7.03. The number of piperazine rings is 1. The van der Waals surface area contributed by atoms with Crippen LogP contribution in [0.2, 0.25) is 0 Å². The van der Waals surface area contributed by atoms with Gasteiger partial charge < -0.3 is 10.6 Å². The van der Waals surface area contributed by atoms with Gasteiger partial charge in [0.25, 0.3) is 0 Å². The van der Waals surface area contributed by atoms with Gasteiger partial charge in [0.2, 0.25) is 0 Å². The summed E-state index contributed by atoms with van der Waals surface area (Å²) in [6.45, 7) is 9.83. The van der Waals surface area contributed by atoms with E-state index in [9.17, 15) is 0 Å². The summed E-state index contributed by atoms with van der Waals surface area (Å²) in [4.78, 5) is 8.22. The highest BCUT2D eigenvalue weighted by Crippen LogP contribution is 2.40. The van der Waals surface area contributed by atoms with Crippen LogP contribution in [0.15, 0.2) is 0 Å². The molecule has 0 amide bonds. The van der Waals surface area contributed by atoms with Crippen molar-refractivity contribution < 1.29 is 0 Å². The van der Waals surface area contributed by atoms with E-state index in [1.54, 1.807) is 0 Å². The minimum absolute atomic E-state index is 0.328.